The number of thiazole rings is 1. The van der Waals surface area contributed by atoms with E-state index in [-0.39, 0.29) is 23.7 Å². The molecule has 2 heterocycles. The number of amides is 1. The average Bonchev–Trinajstić information content (AvgIpc) is 3.49. The lowest BCUT2D eigenvalue weighted by Crippen LogP contribution is -2.28. The number of benzene rings is 2. The fourth-order valence-corrected chi connectivity index (χ4v) is 4.37. The van der Waals surface area contributed by atoms with Crippen molar-refractivity contribution in [1.29, 1.82) is 0 Å². The van der Waals surface area contributed by atoms with Gasteiger partial charge in [-0.05, 0) is 48.4 Å². The van der Waals surface area contributed by atoms with Crippen LogP contribution in [-0.2, 0) is 11.2 Å². The number of carbonyl (C=O) groups excluding carboxylic acids is 1. The van der Waals surface area contributed by atoms with E-state index in [0.717, 1.165) is 17.7 Å². The second-order valence-electron chi connectivity index (χ2n) is 7.67. The van der Waals surface area contributed by atoms with Crippen molar-refractivity contribution in [3.8, 4) is 5.75 Å². The van der Waals surface area contributed by atoms with Crippen LogP contribution in [-0.4, -0.2) is 48.7 Å². The van der Waals surface area contributed by atoms with Crippen molar-refractivity contribution in [2.24, 2.45) is 0 Å². The summed E-state index contributed by atoms with van der Waals surface area (Å²) in [6.07, 6.45) is 1.49. The molecule has 0 spiro atoms. The molecule has 1 fully saturated rings. The first-order chi connectivity index (χ1) is 15.1. The smallest absolute Gasteiger partial charge is 0.253 e. The number of nitrogens with zero attached hydrogens (tertiary/aromatic N) is 2. The van der Waals surface area contributed by atoms with E-state index in [2.05, 4.69) is 4.98 Å². The van der Waals surface area contributed by atoms with E-state index in [0.29, 0.717) is 37.4 Å². The maximum atomic E-state index is 13.2. The van der Waals surface area contributed by atoms with Crippen LogP contribution in [0.4, 0.5) is 4.39 Å². The summed E-state index contributed by atoms with van der Waals surface area (Å²) in [5.41, 5.74) is 4.51. The summed E-state index contributed by atoms with van der Waals surface area (Å²) in [7, 11) is 1.66. The lowest BCUT2D eigenvalue weighted by atomic mass is 9.99. The van der Waals surface area contributed by atoms with Crippen LogP contribution in [0.15, 0.2) is 59.4 Å². The second-order valence-corrected chi connectivity index (χ2v) is 8.38. The highest BCUT2D eigenvalue weighted by molar-refractivity contribution is 7.07. The molecule has 1 aliphatic heterocycles. The van der Waals surface area contributed by atoms with Gasteiger partial charge in [0.05, 0.1) is 17.3 Å². The number of hydrogen-bond donors (Lipinski definition) is 0. The molecule has 1 aliphatic rings. The zero-order valence-corrected chi connectivity index (χ0v) is 18.2. The van der Waals surface area contributed by atoms with Crippen LogP contribution in [0.25, 0.3) is 0 Å². The van der Waals surface area contributed by atoms with Gasteiger partial charge in [-0.3, -0.25) is 4.79 Å². The van der Waals surface area contributed by atoms with Gasteiger partial charge >= 0.3 is 0 Å². The highest BCUT2D eigenvalue weighted by Gasteiger charge is 2.28. The van der Waals surface area contributed by atoms with Gasteiger partial charge in [-0.1, -0.05) is 12.1 Å². The quantitative estimate of drug-likeness (QED) is 0.516. The fourth-order valence-electron chi connectivity index (χ4n) is 3.80. The SMILES string of the molecule is COC(COc1ccc(C(=O)N2CC[C@H](c3ccc(F)cc3)C2)cc1)Cc1cscn1. The number of aromatic nitrogens is 1. The first-order valence-corrected chi connectivity index (χ1v) is 11.2. The Balaban J connectivity index is 1.30. The van der Waals surface area contributed by atoms with Crippen LogP contribution < -0.4 is 4.74 Å². The number of ether oxygens (including phenoxy) is 2. The largest absolute Gasteiger partial charge is 0.491 e. The van der Waals surface area contributed by atoms with Crippen LogP contribution in [0.5, 0.6) is 5.75 Å². The molecule has 2 aromatic carbocycles. The van der Waals surface area contributed by atoms with Gasteiger partial charge in [0.15, 0.2) is 0 Å². The van der Waals surface area contributed by atoms with Gasteiger partial charge in [-0.2, -0.15) is 0 Å². The van der Waals surface area contributed by atoms with Crippen molar-refractivity contribution in [2.75, 3.05) is 26.8 Å². The molecule has 4 rings (SSSR count). The van der Waals surface area contributed by atoms with Crippen LogP contribution >= 0.6 is 11.3 Å². The Morgan fingerprint density at radius 1 is 1.23 bits per heavy atom. The van der Waals surface area contributed by atoms with Gasteiger partial charge in [-0.15, -0.1) is 11.3 Å². The van der Waals surface area contributed by atoms with Crippen LogP contribution in [0.2, 0.25) is 0 Å². The fraction of sp³-hybridized carbons (Fsp3) is 0.333. The Morgan fingerprint density at radius 3 is 2.68 bits per heavy atom. The van der Waals surface area contributed by atoms with E-state index in [1.807, 2.05) is 34.5 Å². The van der Waals surface area contributed by atoms with Gasteiger partial charge in [-0.25, -0.2) is 9.37 Å². The van der Waals surface area contributed by atoms with Crippen molar-refractivity contribution < 1.29 is 18.7 Å². The summed E-state index contributed by atoms with van der Waals surface area (Å²) in [5.74, 6) is 0.713. The number of halogens is 1. The Kier molecular flexibility index (Phi) is 6.94. The summed E-state index contributed by atoms with van der Waals surface area (Å²) in [5, 5.41) is 2.01. The van der Waals surface area contributed by atoms with Gasteiger partial charge in [0, 0.05) is 43.5 Å². The predicted octanol–water partition coefficient (Wildman–Crippen LogP) is 4.55. The third kappa shape index (κ3) is 5.48. The third-order valence-electron chi connectivity index (χ3n) is 5.61. The molecule has 1 amide bonds. The third-order valence-corrected chi connectivity index (χ3v) is 6.24. The van der Waals surface area contributed by atoms with Crippen molar-refractivity contribution >= 4 is 17.2 Å². The van der Waals surface area contributed by atoms with E-state index in [1.165, 1.54) is 12.1 Å². The molecule has 2 atom stereocenters. The van der Waals surface area contributed by atoms with E-state index >= 15 is 0 Å². The van der Waals surface area contributed by atoms with Crippen LogP contribution in [0, 0.1) is 5.82 Å². The number of likely N-dealkylation sites (tertiary alicyclic amines) is 1. The maximum absolute atomic E-state index is 13.2. The van der Waals surface area contributed by atoms with Crippen LogP contribution in [0.3, 0.4) is 0 Å². The molecule has 1 aromatic heterocycles. The predicted molar refractivity (Wildman–Crippen MR) is 118 cm³/mol. The normalized spacial score (nSPS) is 17.0. The lowest BCUT2D eigenvalue weighted by molar-refractivity contribution is 0.0578. The molecule has 1 unspecified atom stereocenters. The zero-order valence-electron chi connectivity index (χ0n) is 17.4. The second kappa shape index (κ2) is 10.0. The standard InChI is InChI=1S/C24H25FN2O3S/c1-29-23(12-21-15-31-16-26-21)14-30-22-8-4-18(5-9-22)24(28)27-11-10-19(13-27)17-2-6-20(25)7-3-17/h2-9,15-16,19,23H,10-14H2,1H3/t19-,23?/m0/s1. The Hall–Kier alpha value is -2.77. The molecule has 162 valence electrons. The monoisotopic (exact) mass is 440 g/mol. The summed E-state index contributed by atoms with van der Waals surface area (Å²) >= 11 is 1.56. The first-order valence-electron chi connectivity index (χ1n) is 10.3. The molecule has 0 saturated carbocycles. The Morgan fingerprint density at radius 2 is 2.00 bits per heavy atom. The van der Waals surface area contributed by atoms with E-state index in [9.17, 15) is 9.18 Å². The molecule has 5 nitrogen and oxygen atoms in total. The average molecular weight is 441 g/mol. The van der Waals surface area contributed by atoms with Crippen molar-refractivity contribution in [3.63, 3.8) is 0 Å². The van der Waals surface area contributed by atoms with Crippen molar-refractivity contribution in [2.45, 2.75) is 24.9 Å². The lowest BCUT2D eigenvalue weighted by Gasteiger charge is -2.18. The molecule has 7 heteroatoms. The van der Waals surface area contributed by atoms with E-state index in [1.54, 1.807) is 36.1 Å². The number of methoxy groups -OCH3 is 1. The van der Waals surface area contributed by atoms with Crippen molar-refractivity contribution in [3.05, 3.63) is 82.1 Å². The highest BCUT2D eigenvalue weighted by atomic mass is 32.1. The Labute approximate surface area is 185 Å². The highest BCUT2D eigenvalue weighted by Crippen LogP contribution is 2.28. The topological polar surface area (TPSA) is 51.7 Å². The molecule has 0 radical (unpaired) electrons. The minimum atomic E-state index is -0.239. The maximum Gasteiger partial charge on any atom is 0.253 e. The summed E-state index contributed by atoms with van der Waals surface area (Å²) in [4.78, 5) is 19.0. The van der Waals surface area contributed by atoms with Crippen molar-refractivity contribution in [1.82, 2.24) is 9.88 Å². The summed E-state index contributed by atoms with van der Waals surface area (Å²) < 4.78 is 24.5. The van der Waals surface area contributed by atoms with Crippen LogP contribution in [0.1, 0.15) is 34.0 Å². The van der Waals surface area contributed by atoms with Gasteiger partial charge in [0.1, 0.15) is 18.2 Å². The minimum Gasteiger partial charge on any atom is -0.491 e. The summed E-state index contributed by atoms with van der Waals surface area (Å²) in [6, 6.07) is 13.8. The molecule has 1 saturated heterocycles. The van der Waals surface area contributed by atoms with E-state index in [4.69, 9.17) is 9.47 Å². The number of rotatable bonds is 8. The molecule has 3 aromatic rings. The molecular weight excluding hydrogens is 415 g/mol. The minimum absolute atomic E-state index is 0.00876. The molecule has 0 bridgehead atoms. The van der Waals surface area contributed by atoms with Gasteiger partial charge in [0.25, 0.3) is 5.91 Å². The molecule has 0 aliphatic carbocycles. The number of carbonyl (C=O) groups is 1. The number of hydrogen-bond acceptors (Lipinski definition) is 5. The van der Waals surface area contributed by atoms with Gasteiger partial charge in [0.2, 0.25) is 0 Å². The van der Waals surface area contributed by atoms with Gasteiger partial charge < -0.3 is 14.4 Å². The molecule has 31 heavy (non-hydrogen) atoms. The zero-order chi connectivity index (χ0) is 21.6. The summed E-state index contributed by atoms with van der Waals surface area (Å²) in [6.45, 7) is 1.76. The molecular formula is C24H25FN2O3S. The Bertz CT molecular complexity index is 977. The first kappa shape index (κ1) is 21.5. The van der Waals surface area contributed by atoms with E-state index < -0.39 is 0 Å². The molecule has 0 N–H and O–H groups in total.